The maximum Gasteiger partial charge on any atom is 0.256 e. The van der Waals surface area contributed by atoms with Crippen molar-refractivity contribution in [2.45, 2.75) is 247 Å². The fraction of sp³-hybridized carbons (Fsp3) is 0.789. The Hall–Kier alpha value is -6.12. The Morgan fingerprint density at radius 3 is 1.52 bits per heavy atom. The topological polar surface area (TPSA) is 291 Å². The minimum Gasteiger partial charge on any atom is -0.390 e. The molecule has 5 N–H and O–H groups in total. The predicted octanol–water partition coefficient (Wildman–Crippen LogP) is 5.00. The number of allylic oxidation sites excluding steroid dienone is 2. The maximum atomic E-state index is 15.6. The normalized spacial score (nSPS) is 26.0. The number of hydrogen-bond donors (Lipinski definition) is 5. The van der Waals surface area contributed by atoms with E-state index in [2.05, 4.69) is 27.8 Å². The second-order valence-electron chi connectivity index (χ2n) is 29.5. The molecule has 0 aromatic heterocycles. The summed E-state index contributed by atoms with van der Waals surface area (Å²) in [7, 11) is 13.9. The molecule has 13 atom stereocenters. The first-order valence-corrected chi connectivity index (χ1v) is 35.8. The van der Waals surface area contributed by atoms with Gasteiger partial charge in [-0.1, -0.05) is 101 Å². The van der Waals surface area contributed by atoms with Gasteiger partial charge in [0, 0.05) is 55.8 Å². The van der Waals surface area contributed by atoms with E-state index in [4.69, 9.17) is 4.74 Å². The summed E-state index contributed by atoms with van der Waals surface area (Å²) in [6, 6.07) is -12.9. The Morgan fingerprint density at radius 2 is 1.03 bits per heavy atom. The SMILES string of the molecule is C=CCOC(C)(C)C[C@H]1C(=O)N[C@@H](C(C)C)C(=O)N(C)[C@@H](CC(C)C)C(=O)N[C@@H](C)C(=O)N[C@H](C)C(=O)N(C)[C@@H](CC(C)C)C(=O)N(C)[C@@H](CC(C)C)C(=O)N(C)[C@@H](C(C)C)C(=O)N(C)[C@@H]([C@H](O)[C@H](C)C/C=C/C)C(=O)N[C@@H](CC)C(=O)N(C)[C@H](SCCCCN(C)C)C(=O)N1C. The first kappa shape index (κ1) is 88.9. The van der Waals surface area contributed by atoms with Gasteiger partial charge in [-0.25, -0.2) is 0 Å². The number of thioether (sulfide) groups is 1. The van der Waals surface area contributed by atoms with Gasteiger partial charge in [0.25, 0.3) is 5.91 Å². The third kappa shape index (κ3) is 26.5. The standard InChI is InChI=1S/C71H128N12O13S/c1-28-31-34-47(14)58(84)57-62(88)74-50(30-3)64(90)83(27)70(97-37-33-32-35-76(19)20)69(95)80(24)54(41-71(17,18)96-36-29-2)61(87)75-55(45(10)11)67(93)77(21)51(38-42(4)5)60(86)72-48(15)59(85)73-49(16)63(89)78(22)52(39-43(6)7)65(91)79(23)53(40-44(8)9)66(92)81(25)56(46(12)13)68(94)82(57)26/h28-29,31,42-58,70,84H,2,30,32-41H2,1,3-27H3,(H,72,86)(H,73,85)(H,74,88)(H,75,87)/b31-28+/t47-,48+,49-,50+,51+,52+,53+,54+,55+,56+,57+,58-,70-/m1/s1. The Morgan fingerprint density at radius 1 is 0.557 bits per heavy atom. The lowest BCUT2D eigenvalue weighted by atomic mass is 9.91. The van der Waals surface area contributed by atoms with Crippen LogP contribution in [-0.4, -0.2) is 269 Å². The van der Waals surface area contributed by atoms with Crippen molar-refractivity contribution in [2.24, 2.45) is 35.5 Å². The fourth-order valence-electron chi connectivity index (χ4n) is 11.9. The second-order valence-corrected chi connectivity index (χ2v) is 30.6. The molecule has 1 fully saturated rings. The van der Waals surface area contributed by atoms with Crippen LogP contribution in [0.2, 0.25) is 0 Å². The minimum atomic E-state index is -1.65. The number of ether oxygens (including phenoxy) is 1. The number of unbranched alkanes of at least 4 members (excludes halogenated alkanes) is 1. The number of amides is 11. The summed E-state index contributed by atoms with van der Waals surface area (Å²) in [4.78, 5) is 176. The molecule has 25 nitrogen and oxygen atoms in total. The third-order valence-corrected chi connectivity index (χ3v) is 19.4. The summed E-state index contributed by atoms with van der Waals surface area (Å²) in [6.07, 6.45) is 5.54. The number of hydrogen-bond acceptors (Lipinski definition) is 15. The third-order valence-electron chi connectivity index (χ3n) is 18.1. The van der Waals surface area contributed by atoms with Crippen molar-refractivity contribution in [1.29, 1.82) is 0 Å². The highest BCUT2D eigenvalue weighted by Crippen LogP contribution is 2.29. The van der Waals surface area contributed by atoms with E-state index in [0.29, 0.717) is 18.6 Å². The molecule has 0 radical (unpaired) electrons. The van der Waals surface area contributed by atoms with Crippen LogP contribution in [0.25, 0.3) is 0 Å². The van der Waals surface area contributed by atoms with Gasteiger partial charge in [0.15, 0.2) is 5.37 Å². The summed E-state index contributed by atoms with van der Waals surface area (Å²) < 4.78 is 6.16. The van der Waals surface area contributed by atoms with Gasteiger partial charge in [0.05, 0.1) is 18.3 Å². The molecule has 1 aliphatic heterocycles. The quantitative estimate of drug-likeness (QED) is 0.0628. The van der Waals surface area contributed by atoms with Gasteiger partial charge in [0.2, 0.25) is 59.1 Å². The average Bonchev–Trinajstić information content (AvgIpc) is 0.815. The molecule has 0 spiro atoms. The lowest BCUT2D eigenvalue weighted by molar-refractivity contribution is -0.157. The average molecular weight is 1390 g/mol. The minimum absolute atomic E-state index is 0.0171. The van der Waals surface area contributed by atoms with Gasteiger partial charge < -0.3 is 70.3 Å². The van der Waals surface area contributed by atoms with Crippen LogP contribution in [-0.2, 0) is 57.5 Å². The molecule has 556 valence electrons. The van der Waals surface area contributed by atoms with Crippen LogP contribution in [0.4, 0.5) is 0 Å². The predicted molar refractivity (Wildman–Crippen MR) is 383 cm³/mol. The van der Waals surface area contributed by atoms with Crippen LogP contribution >= 0.6 is 11.8 Å². The van der Waals surface area contributed by atoms with Crippen molar-refractivity contribution in [3.05, 3.63) is 24.8 Å². The molecule has 97 heavy (non-hydrogen) atoms. The summed E-state index contributed by atoms with van der Waals surface area (Å²) in [6.45, 7) is 34.3. The number of nitrogens with one attached hydrogen (secondary N) is 4. The zero-order valence-electron chi connectivity index (χ0n) is 63.9. The largest absolute Gasteiger partial charge is 0.390 e. The highest BCUT2D eigenvalue weighted by Gasteiger charge is 2.47. The Kier molecular flexibility index (Phi) is 38.0. The van der Waals surface area contributed by atoms with Crippen LogP contribution in [0.5, 0.6) is 0 Å². The van der Waals surface area contributed by atoms with Crippen molar-refractivity contribution in [3.8, 4) is 0 Å². The first-order chi connectivity index (χ1) is 44.9. The Labute approximate surface area is 586 Å². The molecule has 1 rings (SSSR count). The molecular formula is C71H128N12O13S. The van der Waals surface area contributed by atoms with E-state index in [-0.39, 0.29) is 56.5 Å². The zero-order chi connectivity index (χ0) is 75.0. The maximum absolute atomic E-state index is 15.6. The number of carbonyl (C=O) groups is 11. The molecule has 0 unspecified atom stereocenters. The molecule has 11 amide bonds. The van der Waals surface area contributed by atoms with Crippen LogP contribution in [0.1, 0.15) is 169 Å². The number of rotatable bonds is 24. The van der Waals surface area contributed by atoms with Gasteiger partial charge in [-0.2, -0.15) is 0 Å². The van der Waals surface area contributed by atoms with E-state index in [0.717, 1.165) is 17.9 Å². The van der Waals surface area contributed by atoms with Gasteiger partial charge in [-0.05, 0) is 141 Å². The van der Waals surface area contributed by atoms with E-state index in [1.54, 1.807) is 74.5 Å². The summed E-state index contributed by atoms with van der Waals surface area (Å²) in [5, 5.41) is 22.2. The zero-order valence-corrected chi connectivity index (χ0v) is 64.8. The van der Waals surface area contributed by atoms with Crippen molar-refractivity contribution in [2.75, 3.05) is 82.3 Å². The first-order valence-electron chi connectivity index (χ1n) is 34.8. The van der Waals surface area contributed by atoms with Gasteiger partial charge >= 0.3 is 0 Å². The Bertz CT molecular complexity index is 2650. The molecule has 26 heteroatoms. The van der Waals surface area contributed by atoms with Crippen molar-refractivity contribution in [1.82, 2.24) is 60.5 Å². The molecular weight excluding hydrogens is 1260 g/mol. The Balaban J connectivity index is 4.64. The fourth-order valence-corrected chi connectivity index (χ4v) is 13.2. The second kappa shape index (κ2) is 41.5. The highest BCUT2D eigenvalue weighted by molar-refractivity contribution is 8.00. The van der Waals surface area contributed by atoms with E-state index in [1.807, 2.05) is 66.6 Å². The van der Waals surface area contributed by atoms with Gasteiger partial charge in [-0.3, -0.25) is 52.7 Å². The van der Waals surface area contributed by atoms with Crippen LogP contribution in [0, 0.1) is 35.5 Å². The number of nitrogens with zero attached hydrogens (tertiary/aromatic N) is 8. The number of aliphatic hydroxyl groups excluding tert-OH is 1. The molecule has 1 heterocycles. The van der Waals surface area contributed by atoms with Crippen molar-refractivity contribution in [3.63, 3.8) is 0 Å². The van der Waals surface area contributed by atoms with Crippen molar-refractivity contribution < 1.29 is 62.6 Å². The monoisotopic (exact) mass is 1390 g/mol. The smallest absolute Gasteiger partial charge is 0.256 e. The van der Waals surface area contributed by atoms with E-state index in [9.17, 15) is 19.5 Å². The molecule has 0 aromatic rings. The number of aliphatic hydroxyl groups is 1. The lowest BCUT2D eigenvalue weighted by Crippen LogP contribution is -2.64. The lowest BCUT2D eigenvalue weighted by Gasteiger charge is -2.41. The van der Waals surface area contributed by atoms with E-state index in [1.165, 1.54) is 104 Å². The summed E-state index contributed by atoms with van der Waals surface area (Å²) >= 11 is 1.17. The molecule has 0 aliphatic carbocycles. The number of carbonyl (C=O) groups excluding carboxylic acids is 11. The summed E-state index contributed by atoms with van der Waals surface area (Å²) in [5.41, 5.74) is -1.10. The number of likely N-dealkylation sites (N-methyl/N-ethyl adjacent to an activating group) is 7. The van der Waals surface area contributed by atoms with E-state index >= 15 is 38.4 Å². The van der Waals surface area contributed by atoms with Crippen molar-refractivity contribution >= 4 is 76.7 Å². The van der Waals surface area contributed by atoms with Crippen LogP contribution < -0.4 is 21.3 Å². The van der Waals surface area contributed by atoms with Gasteiger partial charge in [0.1, 0.15) is 60.4 Å². The summed E-state index contributed by atoms with van der Waals surface area (Å²) in [5.74, 6) is -9.65. The molecule has 0 bridgehead atoms. The molecule has 0 aromatic carbocycles. The molecule has 1 saturated heterocycles. The van der Waals surface area contributed by atoms with E-state index < -0.39 is 160 Å². The van der Waals surface area contributed by atoms with Gasteiger partial charge in [-0.15, -0.1) is 18.3 Å². The van der Waals surface area contributed by atoms with Crippen LogP contribution in [0.3, 0.4) is 0 Å². The van der Waals surface area contributed by atoms with Crippen LogP contribution in [0.15, 0.2) is 24.8 Å². The highest BCUT2D eigenvalue weighted by atomic mass is 32.2. The molecule has 1 aliphatic rings. The molecule has 0 saturated carbocycles.